The molecule has 1 amide bonds. The summed E-state index contributed by atoms with van der Waals surface area (Å²) in [5.41, 5.74) is 4.78. The molecule has 0 saturated heterocycles. The minimum absolute atomic E-state index is 0.106. The summed E-state index contributed by atoms with van der Waals surface area (Å²) in [6.07, 6.45) is 1.87. The van der Waals surface area contributed by atoms with Gasteiger partial charge in [-0.05, 0) is 42.0 Å². The first-order chi connectivity index (χ1) is 12.8. The van der Waals surface area contributed by atoms with E-state index in [1.165, 1.54) is 5.70 Å². The van der Waals surface area contributed by atoms with Gasteiger partial charge in [0.15, 0.2) is 5.17 Å². The molecule has 0 saturated carbocycles. The molecule has 26 heavy (non-hydrogen) atoms. The molecule has 5 rings (SSSR count). The summed E-state index contributed by atoms with van der Waals surface area (Å²) in [4.78, 5) is 22.4. The monoisotopic (exact) mass is 360 g/mol. The van der Waals surface area contributed by atoms with E-state index in [1.54, 1.807) is 11.8 Å². The van der Waals surface area contributed by atoms with Crippen LogP contribution in [0.2, 0.25) is 0 Å². The molecule has 2 aromatic carbocycles. The summed E-state index contributed by atoms with van der Waals surface area (Å²) in [6, 6.07) is 15.6. The number of fused-ring (bicyclic) bond motifs is 2. The summed E-state index contributed by atoms with van der Waals surface area (Å²) in [7, 11) is 0. The largest absolute Gasteiger partial charge is 0.361 e. The van der Waals surface area contributed by atoms with Gasteiger partial charge in [0, 0.05) is 40.3 Å². The Morgan fingerprint density at radius 3 is 2.92 bits per heavy atom. The van der Waals surface area contributed by atoms with Crippen LogP contribution in [0.5, 0.6) is 0 Å². The number of carbonyl (C=O) groups is 1. The lowest BCUT2D eigenvalue weighted by atomic mass is 10.1. The smallest absolute Gasteiger partial charge is 0.255 e. The van der Waals surface area contributed by atoms with Gasteiger partial charge in [-0.3, -0.25) is 9.79 Å². The minimum atomic E-state index is -0.106. The molecule has 5 nitrogen and oxygen atoms in total. The number of hydrogen-bond acceptors (Lipinski definition) is 4. The molecule has 2 aliphatic rings. The Labute approximate surface area is 154 Å². The number of aliphatic imine (C=N–C) groups is 1. The number of benzene rings is 2. The topological polar surface area (TPSA) is 60.5 Å². The van der Waals surface area contributed by atoms with Crippen molar-refractivity contribution in [1.82, 2.24) is 9.88 Å². The Morgan fingerprint density at radius 2 is 2.04 bits per heavy atom. The molecule has 0 fully saturated rings. The fourth-order valence-electron chi connectivity index (χ4n) is 3.27. The van der Waals surface area contributed by atoms with Gasteiger partial charge in [-0.15, -0.1) is 0 Å². The van der Waals surface area contributed by atoms with Gasteiger partial charge in [0.1, 0.15) is 0 Å². The normalized spacial score (nSPS) is 15.8. The van der Waals surface area contributed by atoms with Crippen LogP contribution in [0.3, 0.4) is 0 Å². The number of hydrogen-bond donors (Lipinski definition) is 2. The number of thioether (sulfide) groups is 1. The van der Waals surface area contributed by atoms with Gasteiger partial charge in [-0.25, -0.2) is 0 Å². The van der Waals surface area contributed by atoms with Gasteiger partial charge in [0.05, 0.1) is 12.2 Å². The van der Waals surface area contributed by atoms with Crippen molar-refractivity contribution in [2.24, 2.45) is 4.99 Å². The molecule has 0 radical (unpaired) electrons. The van der Waals surface area contributed by atoms with Crippen LogP contribution in [0.15, 0.2) is 65.1 Å². The third-order valence-electron chi connectivity index (χ3n) is 4.62. The van der Waals surface area contributed by atoms with Gasteiger partial charge in [0.25, 0.3) is 5.91 Å². The van der Waals surface area contributed by atoms with E-state index in [1.807, 2.05) is 54.7 Å². The molecule has 3 heterocycles. The van der Waals surface area contributed by atoms with E-state index in [2.05, 4.69) is 25.6 Å². The molecule has 1 aromatic heterocycles. The minimum Gasteiger partial charge on any atom is -0.361 e. The first-order valence-corrected chi connectivity index (χ1v) is 9.34. The molecule has 0 bridgehead atoms. The second-order valence-electron chi connectivity index (χ2n) is 6.25. The summed E-state index contributed by atoms with van der Waals surface area (Å²) in [5.74, 6) is -0.106. The number of nitrogens with one attached hydrogen (secondary N) is 2. The van der Waals surface area contributed by atoms with Crippen molar-refractivity contribution in [1.29, 1.82) is 0 Å². The second kappa shape index (κ2) is 6.07. The van der Waals surface area contributed by atoms with E-state index in [0.717, 1.165) is 40.4 Å². The average Bonchev–Trinajstić information content (AvgIpc) is 3.38. The van der Waals surface area contributed by atoms with E-state index in [4.69, 9.17) is 0 Å². The molecule has 0 aliphatic carbocycles. The highest BCUT2D eigenvalue weighted by Gasteiger charge is 2.26. The second-order valence-corrected chi connectivity index (χ2v) is 7.08. The molecule has 0 atom stereocenters. The molecule has 6 heteroatoms. The lowest BCUT2D eigenvalue weighted by molar-refractivity contribution is 0.102. The van der Waals surface area contributed by atoms with Crippen LogP contribution in [-0.2, 0) is 0 Å². The number of carbonyl (C=O) groups excluding carboxylic acids is 1. The summed E-state index contributed by atoms with van der Waals surface area (Å²) < 4.78 is 0. The number of H-pyrrole nitrogens is 1. The van der Waals surface area contributed by atoms with Crippen LogP contribution in [-0.4, -0.2) is 34.0 Å². The first-order valence-electron chi connectivity index (χ1n) is 8.46. The van der Waals surface area contributed by atoms with Crippen molar-refractivity contribution >= 4 is 45.1 Å². The Kier molecular flexibility index (Phi) is 3.57. The Bertz CT molecular complexity index is 1060. The third-order valence-corrected chi connectivity index (χ3v) is 5.52. The lowest BCUT2D eigenvalue weighted by Crippen LogP contribution is -2.19. The summed E-state index contributed by atoms with van der Waals surface area (Å²) in [5, 5.41) is 7.22. The van der Waals surface area contributed by atoms with Crippen LogP contribution in [0, 0.1) is 0 Å². The van der Waals surface area contributed by atoms with E-state index in [-0.39, 0.29) is 5.91 Å². The van der Waals surface area contributed by atoms with Gasteiger partial charge in [-0.2, -0.15) is 0 Å². The molecule has 2 aliphatic heterocycles. The molecule has 3 aromatic rings. The van der Waals surface area contributed by atoms with Crippen molar-refractivity contribution in [3.63, 3.8) is 0 Å². The Morgan fingerprint density at radius 1 is 1.15 bits per heavy atom. The maximum atomic E-state index is 12.5. The highest BCUT2D eigenvalue weighted by atomic mass is 32.2. The Hall–Kier alpha value is -2.99. The predicted octanol–water partition coefficient (Wildman–Crippen LogP) is 4.14. The zero-order valence-electron chi connectivity index (χ0n) is 13.9. The molecule has 2 N–H and O–H groups in total. The highest BCUT2D eigenvalue weighted by molar-refractivity contribution is 8.16. The number of aromatic amines is 1. The highest BCUT2D eigenvalue weighted by Crippen LogP contribution is 2.35. The summed E-state index contributed by atoms with van der Waals surface area (Å²) in [6.45, 7) is 1.80. The van der Waals surface area contributed by atoms with E-state index < -0.39 is 0 Å². The standard InChI is InChI=1S/C20H16N4OS/c25-19(15-3-6-17-14(11-15)7-8-21-17)23-16-4-1-13(2-5-16)18-12-26-20-22-9-10-24(18)20/h1-8,11-12,21H,9-10H2,(H,23,25). The Balaban J connectivity index is 1.33. The first kappa shape index (κ1) is 15.3. The van der Waals surface area contributed by atoms with Crippen molar-refractivity contribution in [3.05, 3.63) is 71.3 Å². The number of aromatic nitrogens is 1. The van der Waals surface area contributed by atoms with Crippen molar-refractivity contribution in [3.8, 4) is 0 Å². The zero-order chi connectivity index (χ0) is 17.5. The average molecular weight is 360 g/mol. The van der Waals surface area contributed by atoms with E-state index in [0.29, 0.717) is 5.56 Å². The van der Waals surface area contributed by atoms with Gasteiger partial charge in [0.2, 0.25) is 0 Å². The number of amidine groups is 1. The van der Waals surface area contributed by atoms with Gasteiger partial charge < -0.3 is 15.2 Å². The molecule has 0 unspecified atom stereocenters. The number of anilines is 1. The third kappa shape index (κ3) is 2.59. The maximum absolute atomic E-state index is 12.5. The quantitative estimate of drug-likeness (QED) is 0.738. The van der Waals surface area contributed by atoms with E-state index in [9.17, 15) is 4.79 Å². The van der Waals surface area contributed by atoms with Gasteiger partial charge in [-0.1, -0.05) is 23.9 Å². The number of amides is 1. The van der Waals surface area contributed by atoms with Crippen LogP contribution < -0.4 is 5.32 Å². The number of nitrogens with zero attached hydrogens (tertiary/aromatic N) is 2. The molecule has 128 valence electrons. The van der Waals surface area contributed by atoms with Crippen LogP contribution in [0.1, 0.15) is 15.9 Å². The van der Waals surface area contributed by atoms with Crippen molar-refractivity contribution in [2.45, 2.75) is 0 Å². The van der Waals surface area contributed by atoms with Crippen molar-refractivity contribution in [2.75, 3.05) is 18.4 Å². The SMILES string of the molecule is O=C(Nc1ccc(C2=CSC3=NCCN23)cc1)c1ccc2[nH]ccc2c1. The van der Waals surface area contributed by atoms with Crippen molar-refractivity contribution < 1.29 is 4.79 Å². The maximum Gasteiger partial charge on any atom is 0.255 e. The molecular formula is C20H16N4OS. The number of rotatable bonds is 3. The lowest BCUT2D eigenvalue weighted by Gasteiger charge is -2.16. The van der Waals surface area contributed by atoms with Crippen LogP contribution in [0.25, 0.3) is 16.6 Å². The zero-order valence-corrected chi connectivity index (χ0v) is 14.7. The fourth-order valence-corrected chi connectivity index (χ4v) is 4.23. The van der Waals surface area contributed by atoms with E-state index >= 15 is 0 Å². The molecule has 0 spiro atoms. The molecular weight excluding hydrogens is 344 g/mol. The summed E-state index contributed by atoms with van der Waals surface area (Å²) >= 11 is 1.67. The predicted molar refractivity (Wildman–Crippen MR) is 107 cm³/mol. The fraction of sp³-hybridized carbons (Fsp3) is 0.100. The van der Waals surface area contributed by atoms with Crippen LogP contribution in [0.4, 0.5) is 5.69 Å². The van der Waals surface area contributed by atoms with Crippen LogP contribution >= 0.6 is 11.8 Å². The van der Waals surface area contributed by atoms with Gasteiger partial charge >= 0.3 is 0 Å².